The number of benzene rings is 2. The molecule has 0 heterocycles. The fourth-order valence-electron chi connectivity index (χ4n) is 7.10. The first kappa shape index (κ1) is 19.6. The minimum absolute atomic E-state index is 0.0154. The zero-order valence-electron chi connectivity index (χ0n) is 17.7. The molecular formula is C26H32N2O2. The van der Waals surface area contributed by atoms with Crippen molar-refractivity contribution in [1.82, 2.24) is 0 Å². The Labute approximate surface area is 178 Å². The Morgan fingerprint density at radius 3 is 2.83 bits per heavy atom. The predicted octanol–water partition coefficient (Wildman–Crippen LogP) is 4.05. The van der Waals surface area contributed by atoms with Gasteiger partial charge >= 0.3 is 0 Å². The van der Waals surface area contributed by atoms with Crippen molar-refractivity contribution in [3.63, 3.8) is 0 Å². The molecule has 0 unspecified atom stereocenters. The van der Waals surface area contributed by atoms with Gasteiger partial charge in [-0.15, -0.1) is 0 Å². The third kappa shape index (κ3) is 3.04. The van der Waals surface area contributed by atoms with Gasteiger partial charge in [-0.2, -0.15) is 0 Å². The molecule has 5 rings (SSSR count). The molecule has 0 aromatic heterocycles. The molecule has 3 aliphatic rings. The van der Waals surface area contributed by atoms with Gasteiger partial charge in [-0.25, -0.2) is 0 Å². The van der Waals surface area contributed by atoms with E-state index in [0.717, 1.165) is 43.4 Å². The summed E-state index contributed by atoms with van der Waals surface area (Å²) in [6.45, 7) is 2.32. The number of aliphatic hydroxyl groups excluding tert-OH is 1. The summed E-state index contributed by atoms with van der Waals surface area (Å²) < 4.78 is 0. The Morgan fingerprint density at radius 1 is 1.20 bits per heavy atom. The molecule has 158 valence electrons. The fourth-order valence-corrected chi connectivity index (χ4v) is 7.10. The number of fused-ring (bicyclic) bond motifs is 5. The van der Waals surface area contributed by atoms with Crippen LogP contribution in [0.2, 0.25) is 0 Å². The van der Waals surface area contributed by atoms with Crippen molar-refractivity contribution in [1.29, 1.82) is 0 Å². The fraction of sp³-hybridized carbons (Fsp3) is 0.500. The number of nitrogen functional groups attached to an aromatic ring is 1. The summed E-state index contributed by atoms with van der Waals surface area (Å²) in [6.07, 6.45) is 6.07. The van der Waals surface area contributed by atoms with E-state index in [-0.39, 0.29) is 17.4 Å². The lowest BCUT2D eigenvalue weighted by molar-refractivity contribution is -0.0325. The van der Waals surface area contributed by atoms with E-state index < -0.39 is 5.91 Å². The average Bonchev–Trinajstić information content (AvgIpc) is 2.98. The molecule has 2 fully saturated rings. The van der Waals surface area contributed by atoms with E-state index in [1.165, 1.54) is 17.5 Å². The van der Waals surface area contributed by atoms with Crippen LogP contribution in [0.3, 0.4) is 0 Å². The Bertz CT molecular complexity index is 987. The van der Waals surface area contributed by atoms with Gasteiger partial charge in [0.1, 0.15) is 0 Å². The Kier molecular flexibility index (Phi) is 4.66. The lowest BCUT2D eigenvalue weighted by Gasteiger charge is -2.50. The van der Waals surface area contributed by atoms with Crippen LogP contribution in [0.25, 0.3) is 0 Å². The maximum absolute atomic E-state index is 11.6. The van der Waals surface area contributed by atoms with E-state index >= 15 is 0 Å². The summed E-state index contributed by atoms with van der Waals surface area (Å²) >= 11 is 0. The molecule has 5 N–H and O–H groups in total. The van der Waals surface area contributed by atoms with Crippen molar-refractivity contribution in [3.8, 4) is 0 Å². The number of rotatable bonds is 3. The van der Waals surface area contributed by atoms with Crippen LogP contribution in [-0.2, 0) is 12.8 Å². The first-order valence-corrected chi connectivity index (χ1v) is 11.3. The van der Waals surface area contributed by atoms with Crippen LogP contribution in [0.1, 0.15) is 65.6 Å². The molecule has 3 aliphatic carbocycles. The van der Waals surface area contributed by atoms with Gasteiger partial charge < -0.3 is 16.6 Å². The zero-order chi connectivity index (χ0) is 21.0. The number of primary amides is 1. The minimum atomic E-state index is -0.395. The lowest BCUT2D eigenvalue weighted by atomic mass is 9.55. The zero-order valence-corrected chi connectivity index (χ0v) is 17.7. The molecule has 2 aromatic carbocycles. The lowest BCUT2D eigenvalue weighted by Crippen LogP contribution is -2.44. The number of nitrogens with two attached hydrogens (primary N) is 2. The van der Waals surface area contributed by atoms with E-state index in [9.17, 15) is 9.90 Å². The third-order valence-electron chi connectivity index (χ3n) is 8.58. The van der Waals surface area contributed by atoms with Crippen LogP contribution >= 0.6 is 0 Å². The maximum atomic E-state index is 11.6. The first-order chi connectivity index (χ1) is 14.4. The number of anilines is 1. The van der Waals surface area contributed by atoms with Crippen molar-refractivity contribution in [2.45, 2.75) is 57.5 Å². The maximum Gasteiger partial charge on any atom is 0.248 e. The summed E-state index contributed by atoms with van der Waals surface area (Å²) in [7, 11) is 0. The summed E-state index contributed by atoms with van der Waals surface area (Å²) in [6, 6.07) is 14.1. The number of aryl methyl sites for hydroxylation is 1. The number of amides is 1. The van der Waals surface area contributed by atoms with Crippen LogP contribution in [0.5, 0.6) is 0 Å². The molecule has 0 spiro atoms. The van der Waals surface area contributed by atoms with Crippen LogP contribution in [0.15, 0.2) is 42.5 Å². The molecule has 30 heavy (non-hydrogen) atoms. The van der Waals surface area contributed by atoms with Gasteiger partial charge in [-0.3, -0.25) is 4.79 Å². The smallest absolute Gasteiger partial charge is 0.248 e. The van der Waals surface area contributed by atoms with Gasteiger partial charge in [0.15, 0.2) is 0 Å². The number of aliphatic hydroxyl groups is 1. The number of carbonyl (C=O) groups is 1. The number of hydrogen-bond donors (Lipinski definition) is 3. The van der Waals surface area contributed by atoms with Gasteiger partial charge in [0.2, 0.25) is 5.91 Å². The second kappa shape index (κ2) is 7.12. The molecular weight excluding hydrogens is 372 g/mol. The van der Waals surface area contributed by atoms with E-state index in [1.807, 2.05) is 24.3 Å². The van der Waals surface area contributed by atoms with Gasteiger partial charge in [-0.05, 0) is 109 Å². The number of carbonyl (C=O) groups excluding carboxylic acids is 1. The summed E-state index contributed by atoms with van der Waals surface area (Å²) in [5, 5.41) is 11.4. The highest BCUT2D eigenvalue weighted by molar-refractivity contribution is 5.92. The van der Waals surface area contributed by atoms with E-state index in [1.54, 1.807) is 6.07 Å². The normalized spacial score (nSPS) is 34.7. The largest absolute Gasteiger partial charge is 0.399 e. The summed E-state index contributed by atoms with van der Waals surface area (Å²) in [5.41, 5.74) is 16.9. The number of hydrogen-bond acceptors (Lipinski definition) is 3. The van der Waals surface area contributed by atoms with E-state index in [0.29, 0.717) is 23.3 Å². The molecule has 0 radical (unpaired) electrons. The van der Waals surface area contributed by atoms with Crippen molar-refractivity contribution in [3.05, 3.63) is 64.7 Å². The van der Waals surface area contributed by atoms with E-state index in [2.05, 4.69) is 19.1 Å². The predicted molar refractivity (Wildman–Crippen MR) is 119 cm³/mol. The van der Waals surface area contributed by atoms with E-state index in [4.69, 9.17) is 11.5 Å². The highest BCUT2D eigenvalue weighted by Gasteiger charge is 2.57. The molecule has 0 bridgehead atoms. The topological polar surface area (TPSA) is 89.3 Å². The van der Waals surface area contributed by atoms with Crippen molar-refractivity contribution in [2.24, 2.45) is 28.9 Å². The van der Waals surface area contributed by atoms with Crippen LogP contribution in [-0.4, -0.2) is 17.1 Å². The van der Waals surface area contributed by atoms with Gasteiger partial charge in [-0.1, -0.05) is 25.1 Å². The third-order valence-corrected chi connectivity index (χ3v) is 8.58. The van der Waals surface area contributed by atoms with Gasteiger partial charge in [0.05, 0.1) is 6.10 Å². The second-order valence-electron chi connectivity index (χ2n) is 10.1. The molecule has 4 heteroatoms. The summed E-state index contributed by atoms with van der Waals surface area (Å²) in [5.74, 6) is 1.61. The molecule has 1 amide bonds. The molecule has 6 atom stereocenters. The monoisotopic (exact) mass is 404 g/mol. The SMILES string of the molecule is C[C@]12CC[C@@H]3c4ccc(N)cc4CC[C@H]3[C@@H]1C[C@H](Cc1cccc(C(N)=O)c1)[C@@H]2O. The molecule has 2 saturated carbocycles. The Morgan fingerprint density at radius 2 is 2.03 bits per heavy atom. The Hall–Kier alpha value is -2.33. The van der Waals surface area contributed by atoms with Crippen LogP contribution in [0.4, 0.5) is 5.69 Å². The van der Waals surface area contributed by atoms with Crippen molar-refractivity contribution in [2.75, 3.05) is 5.73 Å². The summed E-state index contributed by atoms with van der Waals surface area (Å²) in [4.78, 5) is 11.6. The molecule has 2 aromatic rings. The highest BCUT2D eigenvalue weighted by Crippen LogP contribution is 2.62. The van der Waals surface area contributed by atoms with Gasteiger partial charge in [0, 0.05) is 11.3 Å². The second-order valence-corrected chi connectivity index (χ2v) is 10.1. The van der Waals surface area contributed by atoms with Crippen molar-refractivity contribution >= 4 is 11.6 Å². The van der Waals surface area contributed by atoms with Crippen LogP contribution in [0, 0.1) is 23.2 Å². The standard InChI is InChI=1S/C26H32N2O2/c1-26-10-9-21-20-8-6-19(27)13-16(20)5-7-22(21)23(26)14-18(24(26)29)12-15-3-2-4-17(11-15)25(28)30/h2-4,6,8,11,13,18,21-24,29H,5,7,9-10,12,14,27H2,1H3,(H2,28,30)/t18-,21+,22+,23-,24-,26-/m0/s1. The highest BCUT2D eigenvalue weighted by atomic mass is 16.3. The first-order valence-electron chi connectivity index (χ1n) is 11.3. The Balaban J connectivity index is 1.40. The van der Waals surface area contributed by atoms with Crippen molar-refractivity contribution < 1.29 is 9.90 Å². The molecule has 0 aliphatic heterocycles. The average molecular weight is 405 g/mol. The quantitative estimate of drug-likeness (QED) is 0.674. The molecule has 0 saturated heterocycles. The van der Waals surface area contributed by atoms with Gasteiger partial charge in [0.25, 0.3) is 0 Å². The minimum Gasteiger partial charge on any atom is -0.399 e. The molecule has 4 nitrogen and oxygen atoms in total. The van der Waals surface area contributed by atoms with Crippen LogP contribution < -0.4 is 11.5 Å².